The van der Waals surface area contributed by atoms with Gasteiger partial charge in [-0.2, -0.15) is 0 Å². The minimum Gasteiger partial charge on any atom is -0.508 e. The normalized spacial score (nSPS) is 20.6. The summed E-state index contributed by atoms with van der Waals surface area (Å²) in [6.07, 6.45) is 1.56. The van der Waals surface area contributed by atoms with E-state index >= 15 is 0 Å². The standard InChI is InChI=1S/C30H33NO6S/c1-19(31-14-13-26(17-31)38(3,34)35)18-36-25-10-7-21(8-11-25)30-29(22-5-4-6-23(32)15-22)20(2)27-16-24(33)9-12-28(27)37-30/h4-12,15-16,19,26,30,32-33H,13-14,17-18H2,1-3H3. The number of allylic oxidation sites excluding steroid dienone is 1. The van der Waals surface area contributed by atoms with Gasteiger partial charge in [0.25, 0.3) is 0 Å². The van der Waals surface area contributed by atoms with E-state index in [0.717, 1.165) is 40.1 Å². The molecule has 7 nitrogen and oxygen atoms in total. The van der Waals surface area contributed by atoms with Gasteiger partial charge in [-0.05, 0) is 86.0 Å². The summed E-state index contributed by atoms with van der Waals surface area (Å²) in [6.45, 7) is 5.81. The largest absolute Gasteiger partial charge is 0.508 e. The number of fused-ring (bicyclic) bond motifs is 1. The molecular formula is C30H33NO6S. The van der Waals surface area contributed by atoms with Crippen molar-refractivity contribution in [3.05, 3.63) is 83.4 Å². The zero-order valence-corrected chi connectivity index (χ0v) is 22.6. The first-order chi connectivity index (χ1) is 18.1. The van der Waals surface area contributed by atoms with Crippen LogP contribution >= 0.6 is 0 Å². The average molecular weight is 536 g/mol. The van der Waals surface area contributed by atoms with Gasteiger partial charge in [-0.15, -0.1) is 0 Å². The highest BCUT2D eigenvalue weighted by molar-refractivity contribution is 7.91. The van der Waals surface area contributed by atoms with Crippen LogP contribution in [0.5, 0.6) is 23.0 Å². The van der Waals surface area contributed by atoms with E-state index in [1.54, 1.807) is 36.4 Å². The number of aromatic hydroxyl groups is 2. The predicted molar refractivity (Wildman–Crippen MR) is 148 cm³/mol. The molecule has 1 fully saturated rings. The lowest BCUT2D eigenvalue weighted by molar-refractivity contribution is 0.172. The highest BCUT2D eigenvalue weighted by atomic mass is 32.2. The summed E-state index contributed by atoms with van der Waals surface area (Å²) in [4.78, 5) is 2.17. The van der Waals surface area contributed by atoms with Crippen LogP contribution in [0.15, 0.2) is 66.7 Å². The van der Waals surface area contributed by atoms with E-state index in [9.17, 15) is 18.6 Å². The topological polar surface area (TPSA) is 96.3 Å². The molecule has 5 rings (SSSR count). The van der Waals surface area contributed by atoms with Gasteiger partial charge in [0.05, 0.1) is 5.25 Å². The molecule has 0 aliphatic carbocycles. The van der Waals surface area contributed by atoms with Crippen LogP contribution in [-0.4, -0.2) is 60.8 Å². The number of likely N-dealkylation sites (tertiary alicyclic amines) is 1. The molecular weight excluding hydrogens is 502 g/mol. The third-order valence-electron chi connectivity index (χ3n) is 7.51. The van der Waals surface area contributed by atoms with Crippen molar-refractivity contribution in [1.82, 2.24) is 4.90 Å². The molecule has 3 aromatic rings. The molecule has 0 amide bonds. The fraction of sp³-hybridized carbons (Fsp3) is 0.333. The Hall–Kier alpha value is -3.49. The molecule has 0 aromatic heterocycles. The van der Waals surface area contributed by atoms with Crippen molar-refractivity contribution in [2.75, 3.05) is 26.0 Å². The minimum atomic E-state index is -3.03. The Morgan fingerprint density at radius 1 is 1.05 bits per heavy atom. The van der Waals surface area contributed by atoms with Gasteiger partial charge in [-0.25, -0.2) is 8.42 Å². The fourth-order valence-electron chi connectivity index (χ4n) is 5.28. The fourth-order valence-corrected chi connectivity index (χ4v) is 6.28. The number of phenolic OH excluding ortho intramolecular Hbond substituents is 2. The number of sulfone groups is 1. The van der Waals surface area contributed by atoms with E-state index in [-0.39, 0.29) is 22.8 Å². The molecule has 200 valence electrons. The van der Waals surface area contributed by atoms with E-state index in [0.29, 0.717) is 25.3 Å². The molecule has 1 saturated heterocycles. The van der Waals surface area contributed by atoms with Gasteiger partial charge in [0.2, 0.25) is 0 Å². The Balaban J connectivity index is 1.35. The van der Waals surface area contributed by atoms with Gasteiger partial charge in [0.1, 0.15) is 35.7 Å². The summed E-state index contributed by atoms with van der Waals surface area (Å²) >= 11 is 0. The summed E-state index contributed by atoms with van der Waals surface area (Å²) in [5.41, 5.74) is 4.46. The number of benzene rings is 3. The van der Waals surface area contributed by atoms with Crippen molar-refractivity contribution in [2.45, 2.75) is 37.7 Å². The Labute approximate surface area is 223 Å². The van der Waals surface area contributed by atoms with Crippen LogP contribution in [0.1, 0.15) is 43.1 Å². The molecule has 2 aliphatic rings. The molecule has 0 spiro atoms. The molecule has 2 heterocycles. The summed E-state index contributed by atoms with van der Waals surface area (Å²) in [5.74, 6) is 1.74. The second-order valence-corrected chi connectivity index (χ2v) is 12.6. The van der Waals surface area contributed by atoms with Crippen molar-refractivity contribution in [3.8, 4) is 23.0 Å². The molecule has 2 N–H and O–H groups in total. The van der Waals surface area contributed by atoms with Crippen LogP contribution in [0.3, 0.4) is 0 Å². The first kappa shape index (κ1) is 26.1. The molecule has 0 bridgehead atoms. The average Bonchev–Trinajstić information content (AvgIpc) is 3.39. The number of hydrogen-bond acceptors (Lipinski definition) is 7. The number of hydrogen-bond donors (Lipinski definition) is 2. The zero-order chi connectivity index (χ0) is 27.0. The number of rotatable bonds is 7. The van der Waals surface area contributed by atoms with Crippen molar-refractivity contribution in [1.29, 1.82) is 0 Å². The van der Waals surface area contributed by atoms with Gasteiger partial charge in [0, 0.05) is 30.0 Å². The SMILES string of the molecule is CC1=C(c2cccc(O)c2)C(c2ccc(OCC(C)N3CCC(S(C)(=O)=O)C3)cc2)Oc2ccc(O)cc21. The van der Waals surface area contributed by atoms with Crippen LogP contribution in [-0.2, 0) is 9.84 Å². The monoisotopic (exact) mass is 535 g/mol. The van der Waals surface area contributed by atoms with Crippen LogP contribution < -0.4 is 9.47 Å². The molecule has 2 aliphatic heterocycles. The molecule has 8 heteroatoms. The third-order valence-corrected chi connectivity index (χ3v) is 9.11. The van der Waals surface area contributed by atoms with Gasteiger partial charge >= 0.3 is 0 Å². The van der Waals surface area contributed by atoms with Crippen LogP contribution in [0.4, 0.5) is 0 Å². The lowest BCUT2D eigenvalue weighted by atomic mass is 9.86. The van der Waals surface area contributed by atoms with Gasteiger partial charge in [-0.3, -0.25) is 4.90 Å². The molecule has 3 aromatic carbocycles. The third kappa shape index (κ3) is 5.37. The second kappa shape index (κ2) is 10.3. The predicted octanol–water partition coefficient (Wildman–Crippen LogP) is 5.05. The van der Waals surface area contributed by atoms with E-state index in [1.165, 1.54) is 6.26 Å². The van der Waals surface area contributed by atoms with Gasteiger partial charge in [0.15, 0.2) is 9.84 Å². The summed E-state index contributed by atoms with van der Waals surface area (Å²) < 4.78 is 36.3. The van der Waals surface area contributed by atoms with E-state index in [1.807, 2.05) is 37.3 Å². The van der Waals surface area contributed by atoms with Crippen LogP contribution in [0.25, 0.3) is 11.1 Å². The van der Waals surface area contributed by atoms with E-state index in [2.05, 4.69) is 11.8 Å². The highest BCUT2D eigenvalue weighted by Gasteiger charge is 2.33. The molecule has 3 atom stereocenters. The Kier molecular flexibility index (Phi) is 7.11. The van der Waals surface area contributed by atoms with Gasteiger partial charge in [-0.1, -0.05) is 24.3 Å². The van der Waals surface area contributed by atoms with E-state index < -0.39 is 15.9 Å². The van der Waals surface area contributed by atoms with Crippen LogP contribution in [0.2, 0.25) is 0 Å². The minimum absolute atomic E-state index is 0.0963. The first-order valence-corrected chi connectivity index (χ1v) is 14.7. The lowest BCUT2D eigenvalue weighted by Gasteiger charge is -2.31. The molecule has 0 radical (unpaired) electrons. The number of ether oxygens (including phenoxy) is 2. The quantitative estimate of drug-likeness (QED) is 0.437. The Morgan fingerprint density at radius 2 is 1.79 bits per heavy atom. The maximum absolute atomic E-state index is 11.9. The lowest BCUT2D eigenvalue weighted by Crippen LogP contribution is -2.37. The zero-order valence-electron chi connectivity index (χ0n) is 21.8. The number of phenols is 2. The Bertz CT molecular complexity index is 1460. The summed E-state index contributed by atoms with van der Waals surface area (Å²) in [5, 5.41) is 19.9. The van der Waals surface area contributed by atoms with Crippen molar-refractivity contribution >= 4 is 21.0 Å². The maximum Gasteiger partial charge on any atom is 0.151 e. The number of nitrogens with zero attached hydrogens (tertiary/aromatic N) is 1. The molecule has 38 heavy (non-hydrogen) atoms. The maximum atomic E-state index is 11.9. The molecule has 0 saturated carbocycles. The first-order valence-electron chi connectivity index (χ1n) is 12.8. The highest BCUT2D eigenvalue weighted by Crippen LogP contribution is 2.47. The molecule has 3 unspecified atom stereocenters. The van der Waals surface area contributed by atoms with Gasteiger partial charge < -0.3 is 19.7 Å². The smallest absolute Gasteiger partial charge is 0.151 e. The van der Waals surface area contributed by atoms with Crippen molar-refractivity contribution in [3.63, 3.8) is 0 Å². The van der Waals surface area contributed by atoms with Crippen molar-refractivity contribution < 1.29 is 28.1 Å². The van der Waals surface area contributed by atoms with Crippen molar-refractivity contribution in [2.24, 2.45) is 0 Å². The second-order valence-electron chi connectivity index (χ2n) is 10.2. The summed E-state index contributed by atoms with van der Waals surface area (Å²) in [6, 6.07) is 20.0. The summed E-state index contributed by atoms with van der Waals surface area (Å²) in [7, 11) is -3.03. The van der Waals surface area contributed by atoms with Crippen LogP contribution in [0, 0.1) is 0 Å². The van der Waals surface area contributed by atoms with E-state index in [4.69, 9.17) is 9.47 Å². The Morgan fingerprint density at radius 3 is 2.47 bits per heavy atom.